The third kappa shape index (κ3) is 2.88. The van der Waals surface area contributed by atoms with E-state index in [4.69, 9.17) is 4.42 Å². The van der Waals surface area contributed by atoms with Gasteiger partial charge in [0.25, 0.3) is 0 Å². The Hall–Kier alpha value is -0.760. The van der Waals surface area contributed by atoms with Gasteiger partial charge in [0, 0.05) is 6.04 Å². The minimum absolute atomic E-state index is 0.707. The number of nitrogens with one attached hydrogen (secondary N) is 1. The Kier molecular flexibility index (Phi) is 2.69. The highest BCUT2D eigenvalue weighted by Gasteiger charge is 2.20. The van der Waals surface area contributed by atoms with Crippen LogP contribution in [-0.4, -0.2) is 12.6 Å². The Labute approximate surface area is 79.3 Å². The Balaban J connectivity index is 1.68. The van der Waals surface area contributed by atoms with E-state index in [1.54, 1.807) is 6.26 Å². The molecular formula is C11H17NO. The molecule has 72 valence electrons. The van der Waals surface area contributed by atoms with E-state index in [1.165, 1.54) is 18.4 Å². The summed E-state index contributed by atoms with van der Waals surface area (Å²) in [6.07, 6.45) is 7.46. The zero-order valence-corrected chi connectivity index (χ0v) is 8.12. The van der Waals surface area contributed by atoms with E-state index in [2.05, 4.69) is 12.2 Å². The van der Waals surface area contributed by atoms with Gasteiger partial charge >= 0.3 is 0 Å². The van der Waals surface area contributed by atoms with Crippen LogP contribution < -0.4 is 5.32 Å². The first-order valence-corrected chi connectivity index (χ1v) is 5.09. The second kappa shape index (κ2) is 3.97. The van der Waals surface area contributed by atoms with Gasteiger partial charge in [-0.3, -0.25) is 0 Å². The van der Waals surface area contributed by atoms with Crippen LogP contribution in [0.25, 0.3) is 0 Å². The van der Waals surface area contributed by atoms with Gasteiger partial charge in [-0.1, -0.05) is 6.92 Å². The van der Waals surface area contributed by atoms with Gasteiger partial charge in [-0.05, 0) is 43.4 Å². The third-order valence-electron chi connectivity index (χ3n) is 2.50. The normalized spacial score (nSPS) is 18.8. The van der Waals surface area contributed by atoms with Crippen molar-refractivity contribution in [3.63, 3.8) is 0 Å². The van der Waals surface area contributed by atoms with E-state index in [0.717, 1.165) is 19.0 Å². The average molecular weight is 179 g/mol. The number of furan rings is 1. The first-order chi connectivity index (χ1) is 6.34. The van der Waals surface area contributed by atoms with Crippen LogP contribution >= 0.6 is 0 Å². The highest BCUT2D eigenvalue weighted by Crippen LogP contribution is 2.19. The van der Waals surface area contributed by atoms with Crippen molar-refractivity contribution in [2.24, 2.45) is 5.92 Å². The molecule has 1 aromatic rings. The number of rotatable bonds is 5. The SMILES string of the molecule is CC(CNC1CC1)Cc1ccoc1. The van der Waals surface area contributed by atoms with Crippen molar-refractivity contribution in [2.75, 3.05) is 6.54 Å². The minimum Gasteiger partial charge on any atom is -0.472 e. The summed E-state index contributed by atoms with van der Waals surface area (Å²) in [4.78, 5) is 0. The van der Waals surface area contributed by atoms with Crippen LogP contribution in [0.2, 0.25) is 0 Å². The summed E-state index contributed by atoms with van der Waals surface area (Å²) < 4.78 is 5.03. The molecule has 1 aliphatic carbocycles. The molecule has 0 radical (unpaired) electrons. The zero-order chi connectivity index (χ0) is 9.10. The number of hydrogen-bond acceptors (Lipinski definition) is 2. The van der Waals surface area contributed by atoms with E-state index in [9.17, 15) is 0 Å². The van der Waals surface area contributed by atoms with Gasteiger partial charge in [0.1, 0.15) is 0 Å². The van der Waals surface area contributed by atoms with Crippen LogP contribution in [0.5, 0.6) is 0 Å². The predicted octanol–water partition coefficient (Wildman–Crippen LogP) is 2.21. The fraction of sp³-hybridized carbons (Fsp3) is 0.636. The molecule has 0 saturated heterocycles. The standard InChI is InChI=1S/C11H17NO/c1-9(7-12-11-2-3-11)6-10-4-5-13-8-10/h4-5,8-9,11-12H,2-3,6-7H2,1H3. The molecule has 2 nitrogen and oxygen atoms in total. The molecule has 1 fully saturated rings. The summed E-state index contributed by atoms with van der Waals surface area (Å²) in [6.45, 7) is 3.41. The molecule has 0 amide bonds. The van der Waals surface area contributed by atoms with Crippen LogP contribution in [0.15, 0.2) is 23.0 Å². The van der Waals surface area contributed by atoms with Gasteiger partial charge in [-0.25, -0.2) is 0 Å². The lowest BCUT2D eigenvalue weighted by molar-refractivity contribution is 0.503. The highest BCUT2D eigenvalue weighted by atomic mass is 16.3. The van der Waals surface area contributed by atoms with Gasteiger partial charge in [0.05, 0.1) is 12.5 Å². The molecule has 1 aliphatic rings. The first kappa shape index (κ1) is 8.82. The maximum absolute atomic E-state index is 5.03. The van der Waals surface area contributed by atoms with Crippen LogP contribution in [0, 0.1) is 5.92 Å². The van der Waals surface area contributed by atoms with Gasteiger partial charge in [-0.15, -0.1) is 0 Å². The van der Waals surface area contributed by atoms with E-state index < -0.39 is 0 Å². The molecule has 1 N–H and O–H groups in total. The Morgan fingerprint density at radius 1 is 1.62 bits per heavy atom. The van der Waals surface area contributed by atoms with E-state index >= 15 is 0 Å². The molecule has 2 heteroatoms. The van der Waals surface area contributed by atoms with E-state index in [-0.39, 0.29) is 0 Å². The summed E-state index contributed by atoms with van der Waals surface area (Å²) in [5.74, 6) is 0.707. The third-order valence-corrected chi connectivity index (χ3v) is 2.50. The molecule has 1 saturated carbocycles. The largest absolute Gasteiger partial charge is 0.472 e. The molecule has 2 rings (SSSR count). The van der Waals surface area contributed by atoms with Crippen molar-refractivity contribution in [2.45, 2.75) is 32.2 Å². The minimum atomic E-state index is 0.707. The lowest BCUT2D eigenvalue weighted by Gasteiger charge is -2.10. The maximum atomic E-state index is 5.03. The Morgan fingerprint density at radius 2 is 2.46 bits per heavy atom. The quantitative estimate of drug-likeness (QED) is 0.749. The molecule has 13 heavy (non-hydrogen) atoms. The van der Waals surface area contributed by atoms with Crippen LogP contribution in [0.3, 0.4) is 0 Å². The van der Waals surface area contributed by atoms with Gasteiger partial charge in [0.15, 0.2) is 0 Å². The van der Waals surface area contributed by atoms with Crippen molar-refractivity contribution in [1.82, 2.24) is 5.32 Å². The van der Waals surface area contributed by atoms with Crippen molar-refractivity contribution in [1.29, 1.82) is 0 Å². The highest BCUT2D eigenvalue weighted by molar-refractivity contribution is 5.06. The molecule has 1 heterocycles. The zero-order valence-electron chi connectivity index (χ0n) is 8.12. The lowest BCUT2D eigenvalue weighted by atomic mass is 10.0. The maximum Gasteiger partial charge on any atom is 0.0934 e. The summed E-state index contributed by atoms with van der Waals surface area (Å²) in [5.41, 5.74) is 1.31. The fourth-order valence-corrected chi connectivity index (χ4v) is 1.54. The van der Waals surface area contributed by atoms with Crippen LogP contribution in [0.4, 0.5) is 0 Å². The molecule has 0 aliphatic heterocycles. The topological polar surface area (TPSA) is 25.2 Å². The Morgan fingerprint density at radius 3 is 3.08 bits per heavy atom. The molecule has 1 atom stereocenters. The summed E-state index contributed by atoms with van der Waals surface area (Å²) in [6, 6.07) is 2.87. The predicted molar refractivity (Wildman–Crippen MR) is 52.6 cm³/mol. The summed E-state index contributed by atoms with van der Waals surface area (Å²) in [7, 11) is 0. The van der Waals surface area contributed by atoms with Crippen molar-refractivity contribution >= 4 is 0 Å². The van der Waals surface area contributed by atoms with Gasteiger partial charge < -0.3 is 9.73 Å². The average Bonchev–Trinajstić information content (AvgIpc) is 2.82. The number of hydrogen-bond donors (Lipinski definition) is 1. The second-order valence-corrected chi connectivity index (χ2v) is 4.12. The van der Waals surface area contributed by atoms with Gasteiger partial charge in [-0.2, -0.15) is 0 Å². The molecule has 0 aromatic carbocycles. The molecular weight excluding hydrogens is 162 g/mol. The van der Waals surface area contributed by atoms with Crippen molar-refractivity contribution < 1.29 is 4.42 Å². The Bertz CT molecular complexity index is 239. The first-order valence-electron chi connectivity index (χ1n) is 5.09. The van der Waals surface area contributed by atoms with Crippen LogP contribution in [0.1, 0.15) is 25.3 Å². The lowest BCUT2D eigenvalue weighted by Crippen LogP contribution is -2.24. The van der Waals surface area contributed by atoms with E-state index in [1.807, 2.05) is 12.3 Å². The monoisotopic (exact) mass is 179 g/mol. The van der Waals surface area contributed by atoms with E-state index in [0.29, 0.717) is 5.92 Å². The molecule has 1 aromatic heterocycles. The van der Waals surface area contributed by atoms with Crippen molar-refractivity contribution in [3.05, 3.63) is 24.2 Å². The smallest absolute Gasteiger partial charge is 0.0934 e. The van der Waals surface area contributed by atoms with Crippen LogP contribution in [-0.2, 0) is 6.42 Å². The summed E-state index contributed by atoms with van der Waals surface area (Å²) >= 11 is 0. The van der Waals surface area contributed by atoms with Crippen molar-refractivity contribution in [3.8, 4) is 0 Å². The molecule has 0 spiro atoms. The van der Waals surface area contributed by atoms with Gasteiger partial charge in [0.2, 0.25) is 0 Å². The molecule has 1 unspecified atom stereocenters. The second-order valence-electron chi connectivity index (χ2n) is 4.12. The molecule has 0 bridgehead atoms. The summed E-state index contributed by atoms with van der Waals surface area (Å²) in [5, 5.41) is 3.54. The fourth-order valence-electron chi connectivity index (χ4n) is 1.54.